The van der Waals surface area contributed by atoms with Crippen molar-refractivity contribution >= 4 is 17.8 Å². The number of fused-ring (bicyclic) bond motifs is 1. The van der Waals surface area contributed by atoms with Gasteiger partial charge in [-0.1, -0.05) is 67.6 Å². The highest BCUT2D eigenvalue weighted by molar-refractivity contribution is 6.15. The summed E-state index contributed by atoms with van der Waals surface area (Å²) in [5, 5.41) is 33.1. The second-order valence-corrected chi connectivity index (χ2v) is 12.5. The number of hydrogen-bond acceptors (Lipinski definition) is 10. The predicted molar refractivity (Wildman–Crippen MR) is 177 cm³/mol. The van der Waals surface area contributed by atoms with E-state index in [2.05, 4.69) is 17.0 Å². The van der Waals surface area contributed by atoms with E-state index in [-0.39, 0.29) is 53.7 Å². The molecule has 0 radical (unpaired) electrons. The molecule has 1 fully saturated rings. The number of phenols is 1. The Hall–Kier alpha value is -4.91. The Morgan fingerprint density at radius 1 is 0.878 bits per heavy atom. The molecule has 0 spiro atoms. The maximum atomic E-state index is 12.8. The van der Waals surface area contributed by atoms with E-state index >= 15 is 0 Å². The van der Waals surface area contributed by atoms with Gasteiger partial charge in [-0.05, 0) is 59.6 Å². The summed E-state index contributed by atoms with van der Waals surface area (Å²) >= 11 is 0. The van der Waals surface area contributed by atoms with E-state index in [4.69, 9.17) is 9.47 Å². The van der Waals surface area contributed by atoms with Gasteiger partial charge in [0.1, 0.15) is 5.75 Å². The number of phenolic OH excluding ortho intramolecular Hbond substituents is 1. The number of cyclic esters (lactones) is 2. The van der Waals surface area contributed by atoms with Crippen molar-refractivity contribution in [3.05, 3.63) is 136 Å². The molecule has 0 saturated carbocycles. The van der Waals surface area contributed by atoms with Crippen LogP contribution in [0.25, 0.3) is 0 Å². The van der Waals surface area contributed by atoms with Crippen molar-refractivity contribution in [2.24, 2.45) is 5.92 Å². The number of benzene rings is 4. The molecule has 1 saturated heterocycles. The number of aromatic hydroxyl groups is 1. The van der Waals surface area contributed by atoms with Crippen molar-refractivity contribution in [2.75, 3.05) is 20.1 Å². The molecule has 1 amide bonds. The molecule has 5 unspecified atom stereocenters. The minimum Gasteiger partial charge on any atom is -0.508 e. The van der Waals surface area contributed by atoms with E-state index in [1.165, 1.54) is 18.2 Å². The smallest absolute Gasteiger partial charge is 0.346 e. The van der Waals surface area contributed by atoms with Crippen molar-refractivity contribution in [1.29, 1.82) is 0 Å². The number of aliphatic hydroxyl groups is 2. The van der Waals surface area contributed by atoms with Crippen LogP contribution in [0.1, 0.15) is 84.3 Å². The quantitative estimate of drug-likeness (QED) is 0.132. The number of ether oxygens (including phenoxy) is 3. The lowest BCUT2D eigenvalue weighted by molar-refractivity contribution is -0.276. The highest BCUT2D eigenvalue weighted by Gasteiger charge is 2.39. The molecule has 2 heterocycles. The predicted octanol–water partition coefficient (Wildman–Crippen LogP) is 4.58. The molecule has 2 aliphatic rings. The number of carbonyl (C=O) groups excluding carboxylic acids is 3. The van der Waals surface area contributed by atoms with Gasteiger partial charge in [0.15, 0.2) is 6.29 Å². The average molecular weight is 667 g/mol. The van der Waals surface area contributed by atoms with E-state index in [0.29, 0.717) is 18.7 Å². The monoisotopic (exact) mass is 666 g/mol. The van der Waals surface area contributed by atoms with Gasteiger partial charge in [-0.2, -0.15) is 0 Å². The number of aliphatic hydroxyl groups excluding tert-OH is 2. The van der Waals surface area contributed by atoms with E-state index in [0.717, 1.165) is 22.3 Å². The number of amides is 1. The number of hydrogen-bond donors (Lipinski definition) is 4. The van der Waals surface area contributed by atoms with Gasteiger partial charge >= 0.3 is 11.9 Å². The lowest BCUT2D eigenvalue weighted by Crippen LogP contribution is -2.44. The molecule has 4 N–H and O–H groups in total. The number of esters is 2. The van der Waals surface area contributed by atoms with Crippen LogP contribution in [-0.4, -0.2) is 64.3 Å². The minimum absolute atomic E-state index is 0.0577. The third-order valence-corrected chi connectivity index (χ3v) is 8.97. The maximum absolute atomic E-state index is 12.8. The Labute approximate surface area is 283 Å². The van der Waals surface area contributed by atoms with Gasteiger partial charge in [0, 0.05) is 36.7 Å². The summed E-state index contributed by atoms with van der Waals surface area (Å²) in [7, 11) is 1.91. The van der Waals surface area contributed by atoms with Gasteiger partial charge in [0.2, 0.25) is 0 Å². The van der Waals surface area contributed by atoms with E-state index in [1.807, 2.05) is 60.5 Å². The zero-order valence-corrected chi connectivity index (χ0v) is 27.1. The summed E-state index contributed by atoms with van der Waals surface area (Å²) in [6, 6.07) is 26.0. The Balaban J connectivity index is 1.14. The van der Waals surface area contributed by atoms with Crippen molar-refractivity contribution in [3.63, 3.8) is 0 Å². The summed E-state index contributed by atoms with van der Waals surface area (Å²) in [5.74, 6) is -1.86. The molecule has 254 valence electrons. The van der Waals surface area contributed by atoms with Gasteiger partial charge in [0.05, 0.1) is 36.0 Å². The topological polar surface area (TPSA) is 155 Å². The Kier molecular flexibility index (Phi) is 10.2. The number of nitrogens with zero attached hydrogens (tertiary/aromatic N) is 1. The highest BCUT2D eigenvalue weighted by atomic mass is 16.7. The second kappa shape index (κ2) is 14.7. The van der Waals surface area contributed by atoms with Gasteiger partial charge < -0.3 is 39.7 Å². The third kappa shape index (κ3) is 7.72. The Morgan fingerprint density at radius 2 is 1.57 bits per heavy atom. The normalized spacial score (nSPS) is 20.9. The Bertz CT molecular complexity index is 1830. The van der Waals surface area contributed by atoms with Crippen molar-refractivity contribution in [3.8, 4) is 5.75 Å². The fourth-order valence-corrected chi connectivity index (χ4v) is 6.15. The first-order chi connectivity index (χ1) is 23.6. The lowest BCUT2D eigenvalue weighted by atomic mass is 9.90. The summed E-state index contributed by atoms with van der Waals surface area (Å²) in [6.07, 6.45) is -2.10. The Morgan fingerprint density at radius 3 is 2.29 bits per heavy atom. The summed E-state index contributed by atoms with van der Waals surface area (Å²) in [5.41, 5.74) is 4.44. The average Bonchev–Trinajstić information content (AvgIpc) is 3.40. The van der Waals surface area contributed by atoms with Gasteiger partial charge in [-0.3, -0.25) is 4.79 Å². The van der Waals surface area contributed by atoms with Crippen LogP contribution >= 0.6 is 0 Å². The number of nitrogens with one attached hydrogen (secondary N) is 1. The molecule has 0 aliphatic carbocycles. The van der Waals surface area contributed by atoms with Gasteiger partial charge in [-0.15, -0.1) is 0 Å². The van der Waals surface area contributed by atoms with E-state index in [9.17, 15) is 29.7 Å². The van der Waals surface area contributed by atoms with Crippen LogP contribution < -0.4 is 5.32 Å². The van der Waals surface area contributed by atoms with Crippen LogP contribution in [0.2, 0.25) is 0 Å². The summed E-state index contributed by atoms with van der Waals surface area (Å²) < 4.78 is 17.7. The van der Waals surface area contributed by atoms with Gasteiger partial charge in [-0.25, -0.2) is 9.59 Å². The first kappa shape index (κ1) is 34.0. The van der Waals surface area contributed by atoms with Crippen LogP contribution in [-0.2, 0) is 27.4 Å². The van der Waals surface area contributed by atoms with Crippen LogP contribution in [0.15, 0.2) is 91.0 Å². The molecular weight excluding hydrogens is 628 g/mol. The first-order valence-corrected chi connectivity index (χ1v) is 16.0. The first-order valence-electron chi connectivity index (χ1n) is 16.0. The van der Waals surface area contributed by atoms with E-state index in [1.54, 1.807) is 24.3 Å². The molecular formula is C38H38N2O9. The molecule has 0 bridgehead atoms. The maximum Gasteiger partial charge on any atom is 0.346 e. The molecule has 4 aromatic carbocycles. The zero-order valence-electron chi connectivity index (χ0n) is 27.1. The fraction of sp³-hybridized carbons (Fsp3) is 0.289. The van der Waals surface area contributed by atoms with Crippen molar-refractivity contribution < 1.29 is 43.9 Å². The molecule has 2 aliphatic heterocycles. The summed E-state index contributed by atoms with van der Waals surface area (Å²) in [6.45, 7) is 3.06. The molecule has 11 heteroatoms. The van der Waals surface area contributed by atoms with Crippen molar-refractivity contribution in [1.82, 2.24) is 10.2 Å². The number of carbonyl (C=O) groups is 3. The zero-order chi connectivity index (χ0) is 34.7. The van der Waals surface area contributed by atoms with Crippen LogP contribution in [0.4, 0.5) is 0 Å². The molecule has 49 heavy (non-hydrogen) atoms. The summed E-state index contributed by atoms with van der Waals surface area (Å²) in [4.78, 5) is 38.4. The molecule has 0 aromatic heterocycles. The standard InChI is InChI=1S/C38H38N2O9/c1-22-33(20-40(2)19-32(43)27-4-3-5-29(42)16-27)47-38(48-34(22)25-10-8-24(21-41)9-11-25)26-12-6-23(7-13-26)18-39-35(44)28-14-15-30-31(17-28)37(46)49-36(30)45/h3-17,22,32-34,38,41-43H,18-21H2,1-2H3,(H,39,44). The van der Waals surface area contributed by atoms with Crippen molar-refractivity contribution in [2.45, 2.75) is 44.7 Å². The number of rotatable bonds is 11. The largest absolute Gasteiger partial charge is 0.508 e. The molecule has 4 aromatic rings. The number of likely N-dealkylation sites (N-methyl/N-ethyl adjacent to an activating group) is 1. The fourth-order valence-electron chi connectivity index (χ4n) is 6.15. The van der Waals surface area contributed by atoms with Crippen LogP contribution in [0.5, 0.6) is 5.75 Å². The molecule has 5 atom stereocenters. The van der Waals surface area contributed by atoms with Gasteiger partial charge in [0.25, 0.3) is 5.91 Å². The van der Waals surface area contributed by atoms with Crippen LogP contribution in [0, 0.1) is 5.92 Å². The minimum atomic E-state index is -0.804. The molecule has 11 nitrogen and oxygen atoms in total. The third-order valence-electron chi connectivity index (χ3n) is 8.97. The van der Waals surface area contributed by atoms with Crippen LogP contribution in [0.3, 0.4) is 0 Å². The SMILES string of the molecule is CC1C(CN(C)CC(O)c2cccc(O)c2)OC(c2ccc(CNC(=O)c3ccc4c(c3)C(=O)OC4=O)cc2)OC1c1ccc(CO)cc1. The molecule has 6 rings (SSSR count). The highest BCUT2D eigenvalue weighted by Crippen LogP contribution is 2.42. The van der Waals surface area contributed by atoms with E-state index < -0.39 is 30.2 Å². The lowest BCUT2D eigenvalue weighted by Gasteiger charge is -2.42. The second-order valence-electron chi connectivity index (χ2n) is 12.5.